The van der Waals surface area contributed by atoms with Crippen LogP contribution in [0.5, 0.6) is 11.5 Å². The van der Waals surface area contributed by atoms with Crippen LogP contribution in [0.1, 0.15) is 18.4 Å². The molecule has 0 aliphatic carbocycles. The highest BCUT2D eigenvalue weighted by atomic mass is 19.1. The number of methoxy groups -OCH3 is 2. The van der Waals surface area contributed by atoms with Crippen molar-refractivity contribution >= 4 is 0 Å². The van der Waals surface area contributed by atoms with Crippen molar-refractivity contribution in [3.8, 4) is 11.5 Å². The normalized spacial score (nSPS) is 16.4. The van der Waals surface area contributed by atoms with Gasteiger partial charge in [0.2, 0.25) is 0 Å². The Bertz CT molecular complexity index is 417. The van der Waals surface area contributed by atoms with E-state index in [9.17, 15) is 8.78 Å². The van der Waals surface area contributed by atoms with Gasteiger partial charge in [0.15, 0.2) is 23.1 Å². The molecule has 0 unspecified atom stereocenters. The van der Waals surface area contributed by atoms with E-state index in [-0.39, 0.29) is 11.5 Å². The fourth-order valence-corrected chi connectivity index (χ4v) is 2.64. The van der Waals surface area contributed by atoms with Gasteiger partial charge in [-0.25, -0.2) is 8.78 Å². The Morgan fingerprint density at radius 2 is 1.63 bits per heavy atom. The summed E-state index contributed by atoms with van der Waals surface area (Å²) < 4.78 is 37.7. The van der Waals surface area contributed by atoms with E-state index in [2.05, 4.69) is 5.32 Å². The van der Waals surface area contributed by atoms with Gasteiger partial charge >= 0.3 is 0 Å². The number of halogens is 2. The fraction of sp³-hybridized carbons (Fsp3) is 0.571. The number of hydrogen-bond donors (Lipinski definition) is 1. The molecule has 106 valence electrons. The molecule has 1 aliphatic rings. The van der Waals surface area contributed by atoms with Gasteiger partial charge < -0.3 is 14.8 Å². The maximum atomic E-state index is 13.7. The Labute approximate surface area is 111 Å². The molecule has 1 fully saturated rings. The zero-order valence-corrected chi connectivity index (χ0v) is 11.3. The summed E-state index contributed by atoms with van der Waals surface area (Å²) in [5, 5.41) is 3.27. The summed E-state index contributed by atoms with van der Waals surface area (Å²) >= 11 is 0. The Morgan fingerprint density at radius 1 is 1.11 bits per heavy atom. The van der Waals surface area contributed by atoms with Crippen molar-refractivity contribution in [2.45, 2.75) is 19.3 Å². The van der Waals surface area contributed by atoms with Crippen molar-refractivity contribution < 1.29 is 18.3 Å². The lowest BCUT2D eigenvalue weighted by atomic mass is 9.90. The van der Waals surface area contributed by atoms with E-state index in [0.29, 0.717) is 17.9 Å². The van der Waals surface area contributed by atoms with Gasteiger partial charge in [0.05, 0.1) is 14.2 Å². The van der Waals surface area contributed by atoms with E-state index in [1.807, 2.05) is 0 Å². The maximum Gasteiger partial charge on any atom is 0.168 e. The van der Waals surface area contributed by atoms with Gasteiger partial charge in [-0.2, -0.15) is 0 Å². The first-order valence-electron chi connectivity index (χ1n) is 6.47. The van der Waals surface area contributed by atoms with Gasteiger partial charge in [-0.15, -0.1) is 0 Å². The summed E-state index contributed by atoms with van der Waals surface area (Å²) in [4.78, 5) is 0. The van der Waals surface area contributed by atoms with Crippen molar-refractivity contribution in [1.29, 1.82) is 0 Å². The second-order valence-electron chi connectivity index (χ2n) is 4.78. The van der Waals surface area contributed by atoms with Gasteiger partial charge in [0.1, 0.15) is 0 Å². The largest absolute Gasteiger partial charge is 0.493 e. The van der Waals surface area contributed by atoms with Crippen LogP contribution in [0.2, 0.25) is 0 Å². The molecule has 1 aromatic rings. The molecule has 1 saturated heterocycles. The molecule has 0 saturated carbocycles. The number of benzene rings is 1. The molecule has 0 aromatic heterocycles. The smallest absolute Gasteiger partial charge is 0.168 e. The lowest BCUT2D eigenvalue weighted by Gasteiger charge is -2.24. The lowest BCUT2D eigenvalue weighted by molar-refractivity contribution is 0.327. The van der Waals surface area contributed by atoms with Crippen LogP contribution in [-0.2, 0) is 6.42 Å². The van der Waals surface area contributed by atoms with Gasteiger partial charge in [0, 0.05) is 11.6 Å². The van der Waals surface area contributed by atoms with Gasteiger partial charge in [-0.1, -0.05) is 0 Å². The summed E-state index contributed by atoms with van der Waals surface area (Å²) in [6, 6.07) is 0.809. The molecule has 1 heterocycles. The Balaban J connectivity index is 2.34. The van der Waals surface area contributed by atoms with Crippen molar-refractivity contribution in [2.75, 3.05) is 27.3 Å². The van der Waals surface area contributed by atoms with Crippen LogP contribution in [0.3, 0.4) is 0 Å². The molecule has 1 aromatic carbocycles. The average Bonchev–Trinajstić information content (AvgIpc) is 2.40. The minimum absolute atomic E-state index is 0.0942. The minimum Gasteiger partial charge on any atom is -0.493 e. The fourth-order valence-electron chi connectivity index (χ4n) is 2.64. The average molecular weight is 271 g/mol. The predicted molar refractivity (Wildman–Crippen MR) is 68.8 cm³/mol. The Hall–Kier alpha value is -1.36. The number of ether oxygens (including phenoxy) is 2. The van der Waals surface area contributed by atoms with Crippen molar-refractivity contribution in [1.82, 2.24) is 5.32 Å². The maximum absolute atomic E-state index is 13.7. The van der Waals surface area contributed by atoms with Crippen molar-refractivity contribution in [3.63, 3.8) is 0 Å². The van der Waals surface area contributed by atoms with Crippen LogP contribution in [-0.4, -0.2) is 27.3 Å². The molecule has 2 rings (SSSR count). The summed E-state index contributed by atoms with van der Waals surface area (Å²) in [6.45, 7) is 1.88. The quantitative estimate of drug-likeness (QED) is 0.912. The molecule has 0 atom stereocenters. The zero-order valence-electron chi connectivity index (χ0n) is 11.3. The molecule has 0 bridgehead atoms. The second-order valence-corrected chi connectivity index (χ2v) is 4.78. The zero-order chi connectivity index (χ0) is 13.8. The van der Waals surface area contributed by atoms with E-state index < -0.39 is 11.6 Å². The number of piperidine rings is 1. The lowest BCUT2D eigenvalue weighted by Crippen LogP contribution is -2.28. The summed E-state index contributed by atoms with van der Waals surface area (Å²) in [7, 11) is 2.78. The molecule has 1 N–H and O–H groups in total. The second kappa shape index (κ2) is 6.19. The number of nitrogens with one attached hydrogen (secondary N) is 1. The molecular formula is C14H19F2NO2. The molecule has 19 heavy (non-hydrogen) atoms. The first kappa shape index (κ1) is 14.1. The molecule has 1 aliphatic heterocycles. The third-order valence-electron chi connectivity index (χ3n) is 3.60. The van der Waals surface area contributed by atoms with E-state index in [1.165, 1.54) is 14.2 Å². The van der Waals surface area contributed by atoms with Crippen LogP contribution in [0.25, 0.3) is 0 Å². The van der Waals surface area contributed by atoms with Crippen molar-refractivity contribution in [3.05, 3.63) is 23.3 Å². The highest BCUT2D eigenvalue weighted by molar-refractivity contribution is 5.47. The van der Waals surface area contributed by atoms with Crippen LogP contribution in [0.4, 0.5) is 8.78 Å². The SMILES string of the molecule is COc1c(F)cc(F)c(OC)c1CC1CCNCC1. The standard InChI is InChI=1S/C14H19F2NO2/c1-18-13-10(7-9-3-5-17-6-4-9)14(19-2)12(16)8-11(13)15/h8-9,17H,3-7H2,1-2H3. The molecule has 0 radical (unpaired) electrons. The van der Waals surface area contributed by atoms with Gasteiger partial charge in [-0.05, 0) is 38.3 Å². The van der Waals surface area contributed by atoms with Crippen LogP contribution >= 0.6 is 0 Å². The topological polar surface area (TPSA) is 30.5 Å². The van der Waals surface area contributed by atoms with E-state index in [1.54, 1.807) is 0 Å². The minimum atomic E-state index is -0.676. The molecule has 5 heteroatoms. The predicted octanol–water partition coefficient (Wildman–Crippen LogP) is 2.52. The molecule has 3 nitrogen and oxygen atoms in total. The highest BCUT2D eigenvalue weighted by Crippen LogP contribution is 2.36. The molecule has 0 spiro atoms. The molecular weight excluding hydrogens is 252 g/mol. The van der Waals surface area contributed by atoms with Crippen LogP contribution < -0.4 is 14.8 Å². The van der Waals surface area contributed by atoms with E-state index in [4.69, 9.17) is 9.47 Å². The van der Waals surface area contributed by atoms with Crippen LogP contribution in [0, 0.1) is 17.6 Å². The van der Waals surface area contributed by atoms with Crippen molar-refractivity contribution in [2.24, 2.45) is 5.92 Å². The third kappa shape index (κ3) is 2.97. The summed E-state index contributed by atoms with van der Waals surface area (Å²) in [5.74, 6) is -0.770. The van der Waals surface area contributed by atoms with Crippen LogP contribution in [0.15, 0.2) is 6.07 Å². The Kier molecular flexibility index (Phi) is 4.58. The summed E-state index contributed by atoms with van der Waals surface area (Å²) in [6.07, 6.45) is 2.55. The van der Waals surface area contributed by atoms with Gasteiger partial charge in [-0.3, -0.25) is 0 Å². The number of rotatable bonds is 4. The highest BCUT2D eigenvalue weighted by Gasteiger charge is 2.24. The first-order chi connectivity index (χ1) is 9.17. The van der Waals surface area contributed by atoms with Gasteiger partial charge in [0.25, 0.3) is 0 Å². The Morgan fingerprint density at radius 3 is 2.11 bits per heavy atom. The summed E-state index contributed by atoms with van der Waals surface area (Å²) in [5.41, 5.74) is 0.495. The first-order valence-corrected chi connectivity index (χ1v) is 6.47. The monoisotopic (exact) mass is 271 g/mol. The number of hydrogen-bond acceptors (Lipinski definition) is 3. The van der Waals surface area contributed by atoms with E-state index in [0.717, 1.165) is 32.0 Å². The third-order valence-corrected chi connectivity index (χ3v) is 3.60. The van der Waals surface area contributed by atoms with E-state index >= 15 is 0 Å². The molecule has 0 amide bonds.